The molecule has 0 aromatic heterocycles. The van der Waals surface area contributed by atoms with E-state index in [1.807, 2.05) is 0 Å². The summed E-state index contributed by atoms with van der Waals surface area (Å²) in [4.78, 5) is 2.28. The van der Waals surface area contributed by atoms with Crippen LogP contribution in [0.25, 0.3) is 0 Å². The number of benzene rings is 1. The summed E-state index contributed by atoms with van der Waals surface area (Å²) >= 11 is 0. The number of aliphatic hydroxyl groups is 1. The fraction of sp³-hybridized carbons (Fsp3) is 0.625. The lowest BCUT2D eigenvalue weighted by molar-refractivity contribution is 0.173. The van der Waals surface area contributed by atoms with E-state index >= 15 is 0 Å². The zero-order valence-corrected chi connectivity index (χ0v) is 12.9. The average Bonchev–Trinajstić information content (AvgIpc) is 2.39. The minimum atomic E-state index is 0.265. The van der Waals surface area contributed by atoms with Crippen molar-refractivity contribution in [2.24, 2.45) is 5.92 Å². The molecule has 19 heavy (non-hydrogen) atoms. The number of hydrogen-bond acceptors (Lipinski definition) is 3. The molecule has 108 valence electrons. The van der Waals surface area contributed by atoms with Crippen LogP contribution >= 0.6 is 0 Å². The average molecular weight is 265 g/mol. The lowest BCUT2D eigenvalue weighted by atomic mass is 10.0. The second-order valence-electron chi connectivity index (χ2n) is 5.40. The SMILES string of the molecule is CCC(CO)CN(C)Cc1cc(C)c(OC)cc1C. The number of aryl methyl sites for hydroxylation is 2. The maximum atomic E-state index is 9.26. The summed E-state index contributed by atoms with van der Waals surface area (Å²) in [5.74, 6) is 1.32. The van der Waals surface area contributed by atoms with Gasteiger partial charge >= 0.3 is 0 Å². The zero-order chi connectivity index (χ0) is 14.4. The number of methoxy groups -OCH3 is 1. The van der Waals surface area contributed by atoms with Crippen LogP contribution in [0.1, 0.15) is 30.0 Å². The summed E-state index contributed by atoms with van der Waals surface area (Å²) in [7, 11) is 3.82. The molecule has 1 N–H and O–H groups in total. The molecule has 0 bridgehead atoms. The van der Waals surface area contributed by atoms with Gasteiger partial charge in [0.15, 0.2) is 0 Å². The Labute approximate surface area is 117 Å². The number of hydrogen-bond donors (Lipinski definition) is 1. The van der Waals surface area contributed by atoms with Crippen LogP contribution in [0.4, 0.5) is 0 Å². The first kappa shape index (κ1) is 16.0. The minimum Gasteiger partial charge on any atom is -0.496 e. The van der Waals surface area contributed by atoms with Gasteiger partial charge in [-0.2, -0.15) is 0 Å². The van der Waals surface area contributed by atoms with Crippen LogP contribution in [0.15, 0.2) is 12.1 Å². The van der Waals surface area contributed by atoms with E-state index in [0.29, 0.717) is 5.92 Å². The highest BCUT2D eigenvalue weighted by atomic mass is 16.5. The molecule has 1 unspecified atom stereocenters. The second kappa shape index (κ2) is 7.51. The highest BCUT2D eigenvalue weighted by Crippen LogP contribution is 2.23. The largest absolute Gasteiger partial charge is 0.496 e. The molecule has 3 heteroatoms. The van der Waals surface area contributed by atoms with Gasteiger partial charge in [0, 0.05) is 19.7 Å². The summed E-state index contributed by atoms with van der Waals surface area (Å²) in [6.07, 6.45) is 1.02. The predicted molar refractivity (Wildman–Crippen MR) is 79.7 cm³/mol. The van der Waals surface area contributed by atoms with E-state index in [9.17, 15) is 5.11 Å². The third-order valence-corrected chi connectivity index (χ3v) is 3.70. The zero-order valence-electron chi connectivity index (χ0n) is 12.9. The smallest absolute Gasteiger partial charge is 0.122 e. The molecule has 0 radical (unpaired) electrons. The van der Waals surface area contributed by atoms with Gasteiger partial charge in [0.05, 0.1) is 7.11 Å². The van der Waals surface area contributed by atoms with Crippen molar-refractivity contribution in [3.05, 3.63) is 28.8 Å². The highest BCUT2D eigenvalue weighted by Gasteiger charge is 2.11. The Morgan fingerprint density at radius 1 is 1.26 bits per heavy atom. The van der Waals surface area contributed by atoms with Crippen LogP contribution in [-0.2, 0) is 6.54 Å². The van der Waals surface area contributed by atoms with Gasteiger partial charge in [-0.05, 0) is 56.0 Å². The molecular weight excluding hydrogens is 238 g/mol. The molecule has 1 aromatic carbocycles. The molecule has 3 nitrogen and oxygen atoms in total. The molecule has 0 saturated heterocycles. The molecule has 0 amide bonds. The predicted octanol–water partition coefficient (Wildman–Crippen LogP) is 2.76. The summed E-state index contributed by atoms with van der Waals surface area (Å²) in [5, 5.41) is 9.26. The monoisotopic (exact) mass is 265 g/mol. The molecule has 0 aliphatic rings. The van der Waals surface area contributed by atoms with Gasteiger partial charge in [-0.15, -0.1) is 0 Å². The lowest BCUT2D eigenvalue weighted by Crippen LogP contribution is -2.27. The molecule has 1 rings (SSSR count). The van der Waals surface area contributed by atoms with Gasteiger partial charge in [-0.3, -0.25) is 0 Å². The van der Waals surface area contributed by atoms with E-state index in [4.69, 9.17) is 4.74 Å². The standard InChI is InChI=1S/C16H27NO2/c1-6-14(11-18)9-17(4)10-15-7-13(3)16(19-5)8-12(15)2/h7-8,14,18H,6,9-11H2,1-5H3. The van der Waals surface area contributed by atoms with Gasteiger partial charge in [-0.25, -0.2) is 0 Å². The summed E-state index contributed by atoms with van der Waals surface area (Å²) in [6, 6.07) is 4.30. The van der Waals surface area contributed by atoms with E-state index in [1.165, 1.54) is 16.7 Å². The first-order valence-electron chi connectivity index (χ1n) is 6.95. The highest BCUT2D eigenvalue weighted by molar-refractivity contribution is 5.41. The van der Waals surface area contributed by atoms with Gasteiger partial charge in [0.1, 0.15) is 5.75 Å². The van der Waals surface area contributed by atoms with Crippen LogP contribution in [0.5, 0.6) is 5.75 Å². The number of aliphatic hydroxyl groups excluding tert-OH is 1. The maximum Gasteiger partial charge on any atom is 0.122 e. The maximum absolute atomic E-state index is 9.26. The second-order valence-corrected chi connectivity index (χ2v) is 5.40. The molecule has 0 heterocycles. The first-order valence-corrected chi connectivity index (χ1v) is 6.95. The summed E-state index contributed by atoms with van der Waals surface area (Å²) in [5.41, 5.74) is 3.76. The van der Waals surface area contributed by atoms with E-state index in [2.05, 4.69) is 44.9 Å². The summed E-state index contributed by atoms with van der Waals surface area (Å²) < 4.78 is 5.34. The van der Waals surface area contributed by atoms with Crippen LogP contribution in [-0.4, -0.2) is 37.3 Å². The van der Waals surface area contributed by atoms with Crippen LogP contribution in [0, 0.1) is 19.8 Å². The van der Waals surface area contributed by atoms with E-state index in [1.54, 1.807) is 7.11 Å². The Balaban J connectivity index is 2.74. The van der Waals surface area contributed by atoms with Crippen LogP contribution < -0.4 is 4.74 Å². The van der Waals surface area contributed by atoms with Gasteiger partial charge in [0.2, 0.25) is 0 Å². The molecule has 0 aliphatic heterocycles. The van der Waals surface area contributed by atoms with Gasteiger partial charge < -0.3 is 14.7 Å². The normalized spacial score (nSPS) is 12.8. The fourth-order valence-corrected chi connectivity index (χ4v) is 2.35. The van der Waals surface area contributed by atoms with Gasteiger partial charge in [0.25, 0.3) is 0 Å². The Morgan fingerprint density at radius 3 is 2.47 bits per heavy atom. The first-order chi connectivity index (χ1) is 9.01. The lowest BCUT2D eigenvalue weighted by Gasteiger charge is -2.23. The number of nitrogens with zero attached hydrogens (tertiary/aromatic N) is 1. The summed E-state index contributed by atoms with van der Waals surface area (Å²) in [6.45, 7) is 8.42. The Bertz CT molecular complexity index is 400. The Morgan fingerprint density at radius 2 is 1.95 bits per heavy atom. The Kier molecular flexibility index (Phi) is 6.32. The van der Waals surface area contributed by atoms with Crippen LogP contribution in [0.3, 0.4) is 0 Å². The van der Waals surface area contributed by atoms with Crippen molar-refractivity contribution >= 4 is 0 Å². The number of rotatable bonds is 7. The third kappa shape index (κ3) is 4.51. The minimum absolute atomic E-state index is 0.265. The van der Waals surface area contributed by atoms with Crippen molar-refractivity contribution in [2.45, 2.75) is 33.7 Å². The van der Waals surface area contributed by atoms with Crippen molar-refractivity contribution < 1.29 is 9.84 Å². The Hall–Kier alpha value is -1.06. The number of ether oxygens (including phenoxy) is 1. The topological polar surface area (TPSA) is 32.7 Å². The van der Waals surface area contributed by atoms with Crippen molar-refractivity contribution in [3.63, 3.8) is 0 Å². The van der Waals surface area contributed by atoms with Crippen molar-refractivity contribution in [1.29, 1.82) is 0 Å². The molecule has 1 aromatic rings. The van der Waals surface area contributed by atoms with E-state index < -0.39 is 0 Å². The van der Waals surface area contributed by atoms with Crippen molar-refractivity contribution in [3.8, 4) is 5.75 Å². The third-order valence-electron chi connectivity index (χ3n) is 3.70. The molecule has 0 fully saturated rings. The molecule has 0 aliphatic carbocycles. The quantitative estimate of drug-likeness (QED) is 0.823. The van der Waals surface area contributed by atoms with Crippen molar-refractivity contribution in [2.75, 3.05) is 27.3 Å². The molecular formula is C16H27NO2. The van der Waals surface area contributed by atoms with Crippen LogP contribution in [0.2, 0.25) is 0 Å². The van der Waals surface area contributed by atoms with Crippen molar-refractivity contribution in [1.82, 2.24) is 4.90 Å². The van der Waals surface area contributed by atoms with E-state index in [-0.39, 0.29) is 6.61 Å². The van der Waals surface area contributed by atoms with Gasteiger partial charge in [-0.1, -0.05) is 13.0 Å². The molecule has 0 saturated carbocycles. The van der Waals surface area contributed by atoms with E-state index in [0.717, 1.165) is 25.3 Å². The molecule has 0 spiro atoms. The molecule has 1 atom stereocenters. The fourth-order valence-electron chi connectivity index (χ4n) is 2.35.